The van der Waals surface area contributed by atoms with Crippen LogP contribution in [0, 0.1) is 12.8 Å². The van der Waals surface area contributed by atoms with Gasteiger partial charge in [-0.05, 0) is 6.92 Å². The van der Waals surface area contributed by atoms with Crippen LogP contribution in [0.3, 0.4) is 0 Å². The Labute approximate surface area is 80.3 Å². The molecule has 1 heterocycles. The van der Waals surface area contributed by atoms with Gasteiger partial charge in [-0.25, -0.2) is 4.98 Å². The zero-order chi connectivity index (χ0) is 9.84. The monoisotopic (exact) mass is 201 g/mol. The Morgan fingerprint density at radius 2 is 2.54 bits per heavy atom. The predicted octanol–water partition coefficient (Wildman–Crippen LogP) is 1.80. The van der Waals surface area contributed by atoms with E-state index < -0.39 is 5.97 Å². The van der Waals surface area contributed by atoms with Gasteiger partial charge >= 0.3 is 5.97 Å². The molecule has 0 aliphatic carbocycles. The normalized spacial score (nSPS) is 12.8. The number of nitrogens with zero attached hydrogens (tertiary/aromatic N) is 1. The summed E-state index contributed by atoms with van der Waals surface area (Å²) < 4.78 is 5.05. The predicted molar refractivity (Wildman–Crippen MR) is 48.8 cm³/mol. The Bertz CT molecular complexity index is 297. The molecule has 0 fully saturated rings. The van der Waals surface area contributed by atoms with E-state index in [1.807, 2.05) is 6.92 Å². The highest BCUT2D eigenvalue weighted by Gasteiger charge is 2.12. The van der Waals surface area contributed by atoms with E-state index in [0.717, 1.165) is 5.69 Å². The first-order valence-corrected chi connectivity index (χ1v) is 4.86. The van der Waals surface area contributed by atoms with Gasteiger partial charge in [-0.1, -0.05) is 18.7 Å². The van der Waals surface area contributed by atoms with Crippen LogP contribution in [0.2, 0.25) is 0 Å². The molecule has 0 bridgehead atoms. The van der Waals surface area contributed by atoms with E-state index in [0.29, 0.717) is 11.0 Å². The second-order valence-electron chi connectivity index (χ2n) is 2.81. The van der Waals surface area contributed by atoms with Crippen molar-refractivity contribution < 1.29 is 14.3 Å². The lowest BCUT2D eigenvalue weighted by atomic mass is 10.2. The third-order valence-electron chi connectivity index (χ3n) is 1.48. The number of rotatable bonds is 4. The summed E-state index contributed by atoms with van der Waals surface area (Å²) in [6.45, 7) is 3.49. The summed E-state index contributed by atoms with van der Waals surface area (Å²) in [6.07, 6.45) is 1.55. The Kier molecular flexibility index (Phi) is 3.36. The second kappa shape index (κ2) is 4.32. The van der Waals surface area contributed by atoms with Crippen molar-refractivity contribution >= 4 is 17.7 Å². The minimum atomic E-state index is -0.796. The number of carboxylic acids is 1. The van der Waals surface area contributed by atoms with Crippen molar-refractivity contribution in [2.24, 2.45) is 5.92 Å². The molecular formula is C8H11NO3S. The van der Waals surface area contributed by atoms with Gasteiger partial charge in [0.15, 0.2) is 0 Å². The zero-order valence-electron chi connectivity index (χ0n) is 7.48. The molecule has 1 aromatic heterocycles. The molecule has 0 saturated heterocycles. The quantitative estimate of drug-likeness (QED) is 0.752. The van der Waals surface area contributed by atoms with Gasteiger partial charge < -0.3 is 9.52 Å². The van der Waals surface area contributed by atoms with Crippen LogP contribution in [0.15, 0.2) is 15.9 Å². The van der Waals surface area contributed by atoms with Crippen molar-refractivity contribution in [2.45, 2.75) is 19.1 Å². The number of hydrogen-bond acceptors (Lipinski definition) is 4. The van der Waals surface area contributed by atoms with E-state index in [1.165, 1.54) is 11.8 Å². The van der Waals surface area contributed by atoms with Gasteiger partial charge in [0, 0.05) is 5.75 Å². The lowest BCUT2D eigenvalue weighted by molar-refractivity contribution is -0.140. The summed E-state index contributed by atoms with van der Waals surface area (Å²) in [6, 6.07) is 0. The Balaban J connectivity index is 2.39. The minimum Gasteiger partial charge on any atom is -0.481 e. The van der Waals surface area contributed by atoms with Gasteiger partial charge in [0.1, 0.15) is 6.26 Å². The first-order chi connectivity index (χ1) is 6.09. The summed E-state index contributed by atoms with van der Waals surface area (Å²) in [7, 11) is 0. The first-order valence-electron chi connectivity index (χ1n) is 3.87. The summed E-state index contributed by atoms with van der Waals surface area (Å²) in [5.41, 5.74) is 0.811. The number of aryl methyl sites for hydroxylation is 1. The third kappa shape index (κ3) is 3.10. The van der Waals surface area contributed by atoms with Crippen LogP contribution in [0.4, 0.5) is 0 Å². The molecule has 0 radical (unpaired) electrons. The maximum Gasteiger partial charge on any atom is 0.307 e. The molecule has 1 N–H and O–H groups in total. The maximum atomic E-state index is 10.5. The van der Waals surface area contributed by atoms with Crippen LogP contribution < -0.4 is 0 Å². The molecule has 1 unspecified atom stereocenters. The number of aromatic nitrogens is 1. The number of thioether (sulfide) groups is 1. The third-order valence-corrected chi connectivity index (χ3v) is 2.58. The Hall–Kier alpha value is -0.970. The van der Waals surface area contributed by atoms with Gasteiger partial charge in [0.25, 0.3) is 5.22 Å². The van der Waals surface area contributed by atoms with Gasteiger partial charge in [-0.2, -0.15) is 0 Å². The second-order valence-corrected chi connectivity index (χ2v) is 3.78. The number of hydrogen-bond donors (Lipinski definition) is 1. The maximum absolute atomic E-state index is 10.5. The van der Waals surface area contributed by atoms with Crippen molar-refractivity contribution in [3.63, 3.8) is 0 Å². The van der Waals surface area contributed by atoms with E-state index in [-0.39, 0.29) is 5.92 Å². The molecular weight excluding hydrogens is 190 g/mol. The van der Waals surface area contributed by atoms with Crippen LogP contribution in [0.5, 0.6) is 0 Å². The van der Waals surface area contributed by atoms with E-state index in [2.05, 4.69) is 4.98 Å². The van der Waals surface area contributed by atoms with Crippen molar-refractivity contribution in [2.75, 3.05) is 5.75 Å². The van der Waals surface area contributed by atoms with E-state index in [4.69, 9.17) is 9.52 Å². The minimum absolute atomic E-state index is 0.378. The zero-order valence-corrected chi connectivity index (χ0v) is 8.30. The summed E-state index contributed by atoms with van der Waals surface area (Å²) >= 11 is 1.32. The number of aliphatic carboxylic acids is 1. The molecule has 0 amide bonds. The van der Waals surface area contributed by atoms with Crippen molar-refractivity contribution in [1.29, 1.82) is 0 Å². The summed E-state index contributed by atoms with van der Waals surface area (Å²) in [4.78, 5) is 14.5. The van der Waals surface area contributed by atoms with Gasteiger partial charge in [-0.3, -0.25) is 4.79 Å². The number of oxazole rings is 1. The van der Waals surface area contributed by atoms with Crippen LogP contribution in [0.1, 0.15) is 12.6 Å². The highest BCUT2D eigenvalue weighted by atomic mass is 32.2. The molecule has 5 heteroatoms. The van der Waals surface area contributed by atoms with Crippen LogP contribution in [-0.4, -0.2) is 21.8 Å². The molecule has 0 saturated carbocycles. The highest BCUT2D eigenvalue weighted by molar-refractivity contribution is 7.99. The van der Waals surface area contributed by atoms with Gasteiger partial charge in [0.05, 0.1) is 11.6 Å². The van der Waals surface area contributed by atoms with E-state index >= 15 is 0 Å². The van der Waals surface area contributed by atoms with E-state index in [9.17, 15) is 4.79 Å². The lowest BCUT2D eigenvalue weighted by Gasteiger charge is -2.01. The SMILES string of the molecule is Cc1coc(SCC(C)C(=O)O)n1. The van der Waals surface area contributed by atoms with Crippen molar-refractivity contribution in [3.8, 4) is 0 Å². The lowest BCUT2D eigenvalue weighted by Crippen LogP contribution is -2.11. The van der Waals surface area contributed by atoms with Crippen LogP contribution in [-0.2, 0) is 4.79 Å². The average molecular weight is 201 g/mol. The van der Waals surface area contributed by atoms with Gasteiger partial charge in [0.2, 0.25) is 0 Å². The average Bonchev–Trinajstić information content (AvgIpc) is 2.47. The Morgan fingerprint density at radius 3 is 3.00 bits per heavy atom. The molecule has 0 aliphatic rings. The highest BCUT2D eigenvalue weighted by Crippen LogP contribution is 2.19. The fourth-order valence-corrected chi connectivity index (χ4v) is 1.53. The molecule has 4 nitrogen and oxygen atoms in total. The Morgan fingerprint density at radius 1 is 1.85 bits per heavy atom. The molecule has 0 spiro atoms. The fourth-order valence-electron chi connectivity index (χ4n) is 0.666. The summed E-state index contributed by atoms with van der Waals surface area (Å²) in [5, 5.41) is 9.13. The molecule has 0 aliphatic heterocycles. The largest absolute Gasteiger partial charge is 0.481 e. The standard InChI is InChI=1S/C8H11NO3S/c1-5(7(10)11)4-13-8-9-6(2)3-12-8/h3,5H,4H2,1-2H3,(H,10,11). The van der Waals surface area contributed by atoms with Crippen molar-refractivity contribution in [1.82, 2.24) is 4.98 Å². The van der Waals surface area contributed by atoms with Crippen molar-refractivity contribution in [3.05, 3.63) is 12.0 Å². The molecule has 1 rings (SSSR count). The fraction of sp³-hybridized carbons (Fsp3) is 0.500. The molecule has 0 aromatic carbocycles. The number of carboxylic acid groups (broad SMARTS) is 1. The smallest absolute Gasteiger partial charge is 0.307 e. The van der Waals surface area contributed by atoms with Crippen LogP contribution in [0.25, 0.3) is 0 Å². The van der Waals surface area contributed by atoms with Gasteiger partial charge in [-0.15, -0.1) is 0 Å². The van der Waals surface area contributed by atoms with E-state index in [1.54, 1.807) is 13.2 Å². The molecule has 1 atom stereocenters. The molecule has 72 valence electrons. The topological polar surface area (TPSA) is 63.3 Å². The summed E-state index contributed by atoms with van der Waals surface area (Å²) in [5.74, 6) is -0.692. The first kappa shape index (κ1) is 10.1. The molecule has 13 heavy (non-hydrogen) atoms. The molecule has 1 aromatic rings. The number of carbonyl (C=O) groups is 1. The van der Waals surface area contributed by atoms with Crippen LogP contribution >= 0.6 is 11.8 Å².